The van der Waals surface area contributed by atoms with Crippen LogP contribution in [0.25, 0.3) is 0 Å². The molecule has 3 atom stereocenters. The molecule has 2 rings (SSSR count). The number of ether oxygens (including phenoxy) is 3. The van der Waals surface area contributed by atoms with Crippen LogP contribution in [0.15, 0.2) is 24.4 Å². The summed E-state index contributed by atoms with van der Waals surface area (Å²) < 4.78 is 16.0. The van der Waals surface area contributed by atoms with Gasteiger partial charge in [-0.3, -0.25) is 9.59 Å². The number of hydrogen-bond acceptors (Lipinski definition) is 6. The number of rotatable bonds is 3. The molecule has 0 aromatic carbocycles. The molecule has 19 heavy (non-hydrogen) atoms. The third kappa shape index (κ3) is 3.35. The lowest BCUT2D eigenvalue weighted by molar-refractivity contribution is -0.166. The largest absolute Gasteiger partial charge is 0.456 e. The van der Waals surface area contributed by atoms with Crippen LogP contribution in [0.1, 0.15) is 13.8 Å². The quantitative estimate of drug-likeness (QED) is 0.697. The molecule has 0 aromatic rings. The third-order valence-electron chi connectivity index (χ3n) is 2.87. The SMILES string of the molecule is CC(=O)OC1COC(N2C=CC=CC2)C1OC(C)=O. The second kappa shape index (κ2) is 5.88. The maximum absolute atomic E-state index is 11.2. The Bertz CT molecular complexity index is 417. The van der Waals surface area contributed by atoms with Crippen molar-refractivity contribution in [3.63, 3.8) is 0 Å². The van der Waals surface area contributed by atoms with Gasteiger partial charge in [0.25, 0.3) is 0 Å². The molecule has 2 aliphatic heterocycles. The summed E-state index contributed by atoms with van der Waals surface area (Å²) >= 11 is 0. The Balaban J connectivity index is 2.09. The fourth-order valence-corrected chi connectivity index (χ4v) is 2.16. The summed E-state index contributed by atoms with van der Waals surface area (Å²) in [6.45, 7) is 3.52. The number of nitrogens with zero attached hydrogens (tertiary/aromatic N) is 1. The van der Waals surface area contributed by atoms with Crippen LogP contribution in [0.2, 0.25) is 0 Å². The van der Waals surface area contributed by atoms with E-state index in [2.05, 4.69) is 0 Å². The molecule has 1 saturated heterocycles. The van der Waals surface area contributed by atoms with E-state index in [4.69, 9.17) is 14.2 Å². The highest BCUT2D eigenvalue weighted by Crippen LogP contribution is 2.25. The summed E-state index contributed by atoms with van der Waals surface area (Å²) in [4.78, 5) is 24.1. The average Bonchev–Trinajstić information content (AvgIpc) is 2.72. The number of allylic oxidation sites excluding steroid dienone is 2. The molecule has 0 aromatic heterocycles. The van der Waals surface area contributed by atoms with Crippen molar-refractivity contribution in [2.24, 2.45) is 0 Å². The summed E-state index contributed by atoms with van der Waals surface area (Å²) in [7, 11) is 0. The van der Waals surface area contributed by atoms with Crippen LogP contribution < -0.4 is 0 Å². The zero-order valence-corrected chi connectivity index (χ0v) is 10.9. The first-order valence-corrected chi connectivity index (χ1v) is 6.13. The summed E-state index contributed by atoms with van der Waals surface area (Å²) in [5.74, 6) is -0.838. The lowest BCUT2D eigenvalue weighted by Gasteiger charge is -2.31. The lowest BCUT2D eigenvalue weighted by Crippen LogP contribution is -2.45. The highest BCUT2D eigenvalue weighted by Gasteiger charge is 2.44. The summed E-state index contributed by atoms with van der Waals surface area (Å²) in [5, 5.41) is 0. The van der Waals surface area contributed by atoms with Crippen molar-refractivity contribution in [1.82, 2.24) is 4.90 Å². The van der Waals surface area contributed by atoms with Crippen LogP contribution in [-0.2, 0) is 23.8 Å². The molecule has 1 fully saturated rings. The molecular weight excluding hydrogens is 250 g/mol. The zero-order chi connectivity index (χ0) is 13.8. The van der Waals surface area contributed by atoms with E-state index in [0.29, 0.717) is 6.54 Å². The fraction of sp³-hybridized carbons (Fsp3) is 0.538. The molecule has 3 unspecified atom stereocenters. The van der Waals surface area contributed by atoms with Crippen LogP contribution in [0.4, 0.5) is 0 Å². The van der Waals surface area contributed by atoms with E-state index in [0.717, 1.165) is 0 Å². The molecule has 2 heterocycles. The lowest BCUT2D eigenvalue weighted by atomic mass is 10.2. The van der Waals surface area contributed by atoms with E-state index >= 15 is 0 Å². The Morgan fingerprint density at radius 1 is 1.21 bits per heavy atom. The predicted octanol–water partition coefficient (Wildman–Crippen LogP) is 0.592. The van der Waals surface area contributed by atoms with Crippen LogP contribution in [0.3, 0.4) is 0 Å². The highest BCUT2D eigenvalue weighted by atomic mass is 16.6. The minimum absolute atomic E-state index is 0.218. The molecule has 0 radical (unpaired) electrons. The molecule has 0 N–H and O–H groups in total. The molecule has 6 nitrogen and oxygen atoms in total. The van der Waals surface area contributed by atoms with E-state index < -0.39 is 30.4 Å². The monoisotopic (exact) mass is 267 g/mol. The molecule has 0 aliphatic carbocycles. The molecule has 0 spiro atoms. The van der Waals surface area contributed by atoms with Gasteiger partial charge in [-0.05, 0) is 6.08 Å². The number of carbonyl (C=O) groups excluding carboxylic acids is 2. The maximum Gasteiger partial charge on any atom is 0.303 e. The van der Waals surface area contributed by atoms with Gasteiger partial charge < -0.3 is 19.1 Å². The van der Waals surface area contributed by atoms with Gasteiger partial charge in [-0.15, -0.1) is 0 Å². The van der Waals surface area contributed by atoms with E-state index in [9.17, 15) is 9.59 Å². The van der Waals surface area contributed by atoms with Crippen molar-refractivity contribution in [2.75, 3.05) is 13.2 Å². The van der Waals surface area contributed by atoms with Crippen molar-refractivity contribution in [3.05, 3.63) is 24.4 Å². The van der Waals surface area contributed by atoms with Crippen LogP contribution >= 0.6 is 0 Å². The van der Waals surface area contributed by atoms with Crippen LogP contribution in [0.5, 0.6) is 0 Å². The first-order valence-electron chi connectivity index (χ1n) is 6.13. The topological polar surface area (TPSA) is 65.1 Å². The van der Waals surface area contributed by atoms with Gasteiger partial charge in [0.15, 0.2) is 18.4 Å². The van der Waals surface area contributed by atoms with Crippen molar-refractivity contribution in [1.29, 1.82) is 0 Å². The molecule has 0 bridgehead atoms. The minimum atomic E-state index is -0.613. The van der Waals surface area contributed by atoms with Gasteiger partial charge in [-0.25, -0.2) is 0 Å². The van der Waals surface area contributed by atoms with E-state index in [-0.39, 0.29) is 6.61 Å². The molecule has 0 saturated carbocycles. The standard InChI is InChI=1S/C13H17NO5/c1-9(15)18-11-8-17-13(12(11)19-10(2)16)14-6-4-3-5-7-14/h3-6,11-13H,7-8H2,1-2H3. The van der Waals surface area contributed by atoms with Gasteiger partial charge in [0.05, 0.1) is 6.61 Å². The minimum Gasteiger partial charge on any atom is -0.456 e. The van der Waals surface area contributed by atoms with Gasteiger partial charge in [-0.2, -0.15) is 0 Å². The van der Waals surface area contributed by atoms with Crippen molar-refractivity contribution >= 4 is 11.9 Å². The maximum atomic E-state index is 11.2. The fourth-order valence-electron chi connectivity index (χ4n) is 2.16. The first-order chi connectivity index (χ1) is 9.08. The average molecular weight is 267 g/mol. The molecule has 0 amide bonds. The molecular formula is C13H17NO5. The molecule has 104 valence electrons. The van der Waals surface area contributed by atoms with Crippen LogP contribution in [0, 0.1) is 0 Å². The van der Waals surface area contributed by atoms with Gasteiger partial charge in [0.1, 0.15) is 0 Å². The van der Waals surface area contributed by atoms with Crippen molar-refractivity contribution in [2.45, 2.75) is 32.3 Å². The van der Waals surface area contributed by atoms with Crippen LogP contribution in [-0.4, -0.2) is 48.4 Å². The van der Waals surface area contributed by atoms with Gasteiger partial charge >= 0.3 is 11.9 Å². The zero-order valence-electron chi connectivity index (χ0n) is 10.9. The normalized spacial score (nSPS) is 29.4. The smallest absolute Gasteiger partial charge is 0.303 e. The van der Waals surface area contributed by atoms with E-state index in [1.165, 1.54) is 13.8 Å². The Kier molecular flexibility index (Phi) is 4.21. The van der Waals surface area contributed by atoms with Crippen molar-refractivity contribution in [3.8, 4) is 0 Å². The van der Waals surface area contributed by atoms with Gasteiger partial charge in [-0.1, -0.05) is 12.2 Å². The third-order valence-corrected chi connectivity index (χ3v) is 2.87. The van der Waals surface area contributed by atoms with E-state index in [1.54, 1.807) is 0 Å². The van der Waals surface area contributed by atoms with E-state index in [1.807, 2.05) is 29.3 Å². The second-order valence-corrected chi connectivity index (χ2v) is 4.41. The Hall–Kier alpha value is -1.82. The predicted molar refractivity (Wildman–Crippen MR) is 65.8 cm³/mol. The summed E-state index contributed by atoms with van der Waals surface area (Å²) in [6, 6.07) is 0. The number of carbonyl (C=O) groups is 2. The van der Waals surface area contributed by atoms with Gasteiger partial charge in [0.2, 0.25) is 0 Å². The number of esters is 2. The highest BCUT2D eigenvalue weighted by molar-refractivity contribution is 5.67. The Morgan fingerprint density at radius 2 is 1.95 bits per heavy atom. The number of hydrogen-bond donors (Lipinski definition) is 0. The summed E-state index contributed by atoms with van der Waals surface area (Å²) in [6.07, 6.45) is 6.01. The Labute approximate surface area is 111 Å². The molecule has 2 aliphatic rings. The Morgan fingerprint density at radius 3 is 2.53 bits per heavy atom. The van der Waals surface area contributed by atoms with Crippen molar-refractivity contribution < 1.29 is 23.8 Å². The second-order valence-electron chi connectivity index (χ2n) is 4.41. The first kappa shape index (κ1) is 13.6. The van der Waals surface area contributed by atoms with Gasteiger partial charge in [0, 0.05) is 26.6 Å². The summed E-state index contributed by atoms with van der Waals surface area (Å²) in [5.41, 5.74) is 0. The molecule has 6 heteroatoms.